The van der Waals surface area contributed by atoms with Crippen molar-refractivity contribution in [2.24, 2.45) is 0 Å². The van der Waals surface area contributed by atoms with Crippen molar-refractivity contribution in [2.75, 3.05) is 0 Å². The lowest BCUT2D eigenvalue weighted by Gasteiger charge is -2.20. The highest BCUT2D eigenvalue weighted by Gasteiger charge is 2.17. The number of aromatic hydroxyl groups is 2. The van der Waals surface area contributed by atoms with Gasteiger partial charge in [0.05, 0.1) is 6.10 Å². The molecule has 0 aliphatic heterocycles. The number of carbonyl (C=O) groups is 1. The van der Waals surface area contributed by atoms with Crippen LogP contribution in [0.3, 0.4) is 0 Å². The number of ether oxygens (including phenoxy) is 1. The molecule has 0 bridgehead atoms. The van der Waals surface area contributed by atoms with E-state index >= 15 is 0 Å². The minimum absolute atomic E-state index is 0.218. The summed E-state index contributed by atoms with van der Waals surface area (Å²) in [6, 6.07) is 13.8. The van der Waals surface area contributed by atoms with Gasteiger partial charge in [-0.3, -0.25) is 4.79 Å². The van der Waals surface area contributed by atoms with Crippen molar-refractivity contribution in [3.8, 4) is 11.5 Å². The lowest BCUT2D eigenvalue weighted by atomic mass is 9.99. The molecule has 140 valence electrons. The van der Waals surface area contributed by atoms with E-state index in [-0.39, 0.29) is 23.6 Å². The fraction of sp³-hybridized carbons (Fsp3) is 0.381. The molecular weight excluding hydrogens is 332 g/mol. The van der Waals surface area contributed by atoms with Crippen molar-refractivity contribution in [1.29, 1.82) is 0 Å². The van der Waals surface area contributed by atoms with Gasteiger partial charge in [-0.25, -0.2) is 0 Å². The third kappa shape index (κ3) is 7.15. The van der Waals surface area contributed by atoms with Gasteiger partial charge in [0, 0.05) is 13.3 Å². The van der Waals surface area contributed by atoms with Gasteiger partial charge in [0.1, 0.15) is 17.6 Å². The number of hydrogen-bond donors (Lipinski definition) is 3. The Morgan fingerprint density at radius 2 is 1.35 bits per heavy atom. The van der Waals surface area contributed by atoms with Crippen LogP contribution < -0.4 is 0 Å². The van der Waals surface area contributed by atoms with Gasteiger partial charge in [0.25, 0.3) is 0 Å². The summed E-state index contributed by atoms with van der Waals surface area (Å²) in [7, 11) is 0. The van der Waals surface area contributed by atoms with E-state index in [1.807, 2.05) is 24.3 Å². The maximum Gasteiger partial charge on any atom is 0.302 e. The number of aryl methyl sites for hydroxylation is 2. The van der Waals surface area contributed by atoms with Gasteiger partial charge >= 0.3 is 5.97 Å². The van der Waals surface area contributed by atoms with Crippen LogP contribution in [0.5, 0.6) is 11.5 Å². The average molecular weight is 358 g/mol. The molecule has 2 atom stereocenters. The highest BCUT2D eigenvalue weighted by molar-refractivity contribution is 5.66. The second-order valence-electron chi connectivity index (χ2n) is 6.53. The van der Waals surface area contributed by atoms with Crippen LogP contribution >= 0.6 is 0 Å². The van der Waals surface area contributed by atoms with Crippen molar-refractivity contribution >= 4 is 5.97 Å². The Bertz CT molecular complexity index is 679. The molecule has 2 aromatic carbocycles. The van der Waals surface area contributed by atoms with Crippen molar-refractivity contribution in [2.45, 2.75) is 51.2 Å². The van der Waals surface area contributed by atoms with Crippen LogP contribution in [0.15, 0.2) is 48.5 Å². The van der Waals surface area contributed by atoms with Crippen molar-refractivity contribution in [3.63, 3.8) is 0 Å². The number of hydrogen-bond acceptors (Lipinski definition) is 5. The molecule has 0 aliphatic rings. The quantitative estimate of drug-likeness (QED) is 0.599. The van der Waals surface area contributed by atoms with E-state index in [0.717, 1.165) is 11.1 Å². The molecule has 2 rings (SSSR count). The van der Waals surface area contributed by atoms with Gasteiger partial charge in [0.2, 0.25) is 0 Å². The third-order valence-corrected chi connectivity index (χ3v) is 4.26. The van der Waals surface area contributed by atoms with Gasteiger partial charge < -0.3 is 20.1 Å². The van der Waals surface area contributed by atoms with Gasteiger partial charge in [-0.2, -0.15) is 0 Å². The van der Waals surface area contributed by atoms with Crippen LogP contribution in [-0.2, 0) is 22.4 Å². The Balaban J connectivity index is 1.83. The molecular formula is C21H26O5. The molecule has 0 spiro atoms. The van der Waals surface area contributed by atoms with E-state index in [1.165, 1.54) is 6.92 Å². The standard InChI is InChI=1S/C21H26O5/c1-15(22)26-21(13-7-17-4-10-19(24)11-5-17)14-20(25)12-6-16-2-8-18(23)9-3-16/h2-5,8-11,20-21,23-25H,6-7,12-14H2,1H3/t20-,21-/m0/s1. The van der Waals surface area contributed by atoms with Crippen molar-refractivity contribution < 1.29 is 24.9 Å². The van der Waals surface area contributed by atoms with E-state index in [4.69, 9.17) is 4.74 Å². The van der Waals surface area contributed by atoms with Crippen LogP contribution in [-0.4, -0.2) is 33.5 Å². The van der Waals surface area contributed by atoms with Gasteiger partial charge in [-0.15, -0.1) is 0 Å². The lowest BCUT2D eigenvalue weighted by molar-refractivity contribution is -0.148. The first-order valence-corrected chi connectivity index (χ1v) is 8.83. The van der Waals surface area contributed by atoms with E-state index < -0.39 is 6.10 Å². The molecule has 0 unspecified atom stereocenters. The Labute approximate surface area is 153 Å². The Kier molecular flexibility index (Phi) is 7.48. The Morgan fingerprint density at radius 1 is 0.885 bits per heavy atom. The smallest absolute Gasteiger partial charge is 0.302 e. The zero-order valence-corrected chi connectivity index (χ0v) is 15.0. The molecule has 0 aliphatic carbocycles. The molecule has 2 aromatic rings. The van der Waals surface area contributed by atoms with Crippen LogP contribution in [0, 0.1) is 0 Å². The molecule has 3 N–H and O–H groups in total. The van der Waals surface area contributed by atoms with Crippen LogP contribution in [0.1, 0.15) is 37.3 Å². The molecule has 0 amide bonds. The number of esters is 1. The van der Waals surface area contributed by atoms with Gasteiger partial charge in [-0.1, -0.05) is 24.3 Å². The van der Waals surface area contributed by atoms with Crippen molar-refractivity contribution in [3.05, 3.63) is 59.7 Å². The molecule has 0 radical (unpaired) electrons. The van der Waals surface area contributed by atoms with Crippen LogP contribution in [0.2, 0.25) is 0 Å². The first-order chi connectivity index (χ1) is 12.4. The number of benzene rings is 2. The number of rotatable bonds is 9. The topological polar surface area (TPSA) is 87.0 Å². The minimum Gasteiger partial charge on any atom is -0.508 e. The molecule has 0 heterocycles. The molecule has 26 heavy (non-hydrogen) atoms. The summed E-state index contributed by atoms with van der Waals surface area (Å²) < 4.78 is 5.35. The Hall–Kier alpha value is -2.53. The summed E-state index contributed by atoms with van der Waals surface area (Å²) in [5.74, 6) is 0.0832. The maximum atomic E-state index is 11.3. The summed E-state index contributed by atoms with van der Waals surface area (Å²) in [6.07, 6.45) is 2.01. The molecule has 0 saturated heterocycles. The third-order valence-electron chi connectivity index (χ3n) is 4.26. The molecule has 0 saturated carbocycles. The maximum absolute atomic E-state index is 11.3. The highest BCUT2D eigenvalue weighted by Crippen LogP contribution is 2.18. The number of phenolic OH excluding ortho intramolecular Hbond substituents is 2. The number of phenols is 2. The fourth-order valence-electron chi connectivity index (χ4n) is 2.87. The molecule has 5 nitrogen and oxygen atoms in total. The van der Waals surface area contributed by atoms with Crippen LogP contribution in [0.25, 0.3) is 0 Å². The van der Waals surface area contributed by atoms with Crippen molar-refractivity contribution in [1.82, 2.24) is 0 Å². The van der Waals surface area contributed by atoms with E-state index in [1.54, 1.807) is 24.3 Å². The zero-order valence-electron chi connectivity index (χ0n) is 15.0. The van der Waals surface area contributed by atoms with E-state index in [2.05, 4.69) is 0 Å². The number of carbonyl (C=O) groups excluding carboxylic acids is 1. The summed E-state index contributed by atoms with van der Waals surface area (Å²) in [5, 5.41) is 28.9. The predicted molar refractivity (Wildman–Crippen MR) is 99.0 cm³/mol. The van der Waals surface area contributed by atoms with Gasteiger partial charge in [-0.05, 0) is 61.1 Å². The first-order valence-electron chi connectivity index (χ1n) is 8.83. The zero-order chi connectivity index (χ0) is 18.9. The average Bonchev–Trinajstić information content (AvgIpc) is 2.60. The lowest BCUT2D eigenvalue weighted by Crippen LogP contribution is -2.24. The minimum atomic E-state index is -0.576. The summed E-state index contributed by atoms with van der Waals surface area (Å²) in [4.78, 5) is 11.3. The summed E-state index contributed by atoms with van der Waals surface area (Å²) >= 11 is 0. The largest absolute Gasteiger partial charge is 0.508 e. The van der Waals surface area contributed by atoms with Gasteiger partial charge in [0.15, 0.2) is 0 Å². The Morgan fingerprint density at radius 3 is 1.81 bits per heavy atom. The second-order valence-corrected chi connectivity index (χ2v) is 6.53. The highest BCUT2D eigenvalue weighted by atomic mass is 16.5. The fourth-order valence-corrected chi connectivity index (χ4v) is 2.87. The monoisotopic (exact) mass is 358 g/mol. The van der Waals surface area contributed by atoms with Crippen LogP contribution in [0.4, 0.5) is 0 Å². The predicted octanol–water partition coefficient (Wildman–Crippen LogP) is 3.35. The first kappa shape index (κ1) is 19.8. The van der Waals surface area contributed by atoms with E-state index in [0.29, 0.717) is 32.1 Å². The summed E-state index contributed by atoms with van der Waals surface area (Å²) in [5.41, 5.74) is 2.08. The molecule has 0 aromatic heterocycles. The second kappa shape index (κ2) is 9.82. The van der Waals surface area contributed by atoms with E-state index in [9.17, 15) is 20.1 Å². The molecule has 5 heteroatoms. The normalized spacial score (nSPS) is 13.2. The SMILES string of the molecule is CC(=O)O[C@@H](CCc1ccc(O)cc1)C[C@@H](O)CCc1ccc(O)cc1. The number of aliphatic hydroxyl groups excluding tert-OH is 1. The number of aliphatic hydroxyl groups is 1. The summed E-state index contributed by atoms with van der Waals surface area (Å²) in [6.45, 7) is 1.37. The molecule has 0 fully saturated rings.